The van der Waals surface area contributed by atoms with Crippen molar-refractivity contribution in [1.82, 2.24) is 40.0 Å². The van der Waals surface area contributed by atoms with Crippen LogP contribution in [-0.4, -0.2) is 64.3 Å². The highest BCUT2D eigenvalue weighted by Gasteiger charge is 2.44. The summed E-state index contributed by atoms with van der Waals surface area (Å²) in [7, 11) is 0. The van der Waals surface area contributed by atoms with Gasteiger partial charge in [0.15, 0.2) is 0 Å². The predicted molar refractivity (Wildman–Crippen MR) is 107 cm³/mol. The molecule has 32 heavy (non-hydrogen) atoms. The minimum atomic E-state index is -1.00. The van der Waals surface area contributed by atoms with Crippen LogP contribution >= 0.6 is 0 Å². The lowest BCUT2D eigenvalue weighted by atomic mass is 10.0. The van der Waals surface area contributed by atoms with Gasteiger partial charge in [0.1, 0.15) is 23.4 Å². The van der Waals surface area contributed by atoms with E-state index < -0.39 is 29.7 Å². The van der Waals surface area contributed by atoms with Gasteiger partial charge in [0.05, 0.1) is 29.6 Å². The quantitative estimate of drug-likeness (QED) is 0.562. The van der Waals surface area contributed by atoms with E-state index in [0.717, 1.165) is 10.7 Å². The summed E-state index contributed by atoms with van der Waals surface area (Å²) in [5, 5.41) is 14.7. The first-order valence-electron chi connectivity index (χ1n) is 9.97. The normalized spacial score (nSPS) is 18.3. The zero-order valence-corrected chi connectivity index (χ0v) is 17.3. The maximum absolute atomic E-state index is 13.0. The molecule has 2 aliphatic rings. The fourth-order valence-electron chi connectivity index (χ4n) is 3.96. The summed E-state index contributed by atoms with van der Waals surface area (Å²) < 4.78 is 3.22. The van der Waals surface area contributed by atoms with E-state index in [-0.39, 0.29) is 24.0 Å². The van der Waals surface area contributed by atoms with Crippen molar-refractivity contribution >= 4 is 23.6 Å². The van der Waals surface area contributed by atoms with Crippen LogP contribution in [0.3, 0.4) is 0 Å². The molecule has 5 rings (SSSR count). The molecule has 162 valence electrons. The molecule has 1 atom stereocenters. The van der Waals surface area contributed by atoms with Gasteiger partial charge in [-0.05, 0) is 38.5 Å². The van der Waals surface area contributed by atoms with Crippen molar-refractivity contribution in [1.29, 1.82) is 0 Å². The lowest BCUT2D eigenvalue weighted by Crippen LogP contribution is -2.54. The van der Waals surface area contributed by atoms with E-state index in [0.29, 0.717) is 23.8 Å². The molecule has 1 saturated heterocycles. The van der Waals surface area contributed by atoms with Crippen LogP contribution in [-0.2, 0) is 16.1 Å². The molecule has 1 N–H and O–H groups in total. The Morgan fingerprint density at radius 2 is 1.88 bits per heavy atom. The highest BCUT2D eigenvalue weighted by Crippen LogP contribution is 2.29. The summed E-state index contributed by atoms with van der Waals surface area (Å²) in [6.07, 6.45) is 1.88. The SMILES string of the molecule is Cc1nc(C)n(Cc2cn(-c3ccc4c(c3)C(=O)N(C3CCC(=O)NC3=O)C4=O)nn2)n1. The molecule has 2 aromatic heterocycles. The molecular formula is C20H18N8O4. The summed E-state index contributed by atoms with van der Waals surface area (Å²) in [5.41, 5.74) is 1.57. The topological polar surface area (TPSA) is 145 Å². The molecule has 12 heteroatoms. The number of hydrogen-bond donors (Lipinski definition) is 1. The zero-order chi connectivity index (χ0) is 22.6. The number of fused-ring (bicyclic) bond motifs is 1. The van der Waals surface area contributed by atoms with Crippen LogP contribution in [0.2, 0.25) is 0 Å². The first-order chi connectivity index (χ1) is 15.3. The van der Waals surface area contributed by atoms with E-state index in [4.69, 9.17) is 0 Å². The molecule has 1 fully saturated rings. The number of rotatable bonds is 4. The van der Waals surface area contributed by atoms with Crippen molar-refractivity contribution in [2.75, 3.05) is 0 Å². The summed E-state index contributed by atoms with van der Waals surface area (Å²) in [4.78, 5) is 54.6. The Balaban J connectivity index is 1.41. The van der Waals surface area contributed by atoms with Crippen molar-refractivity contribution in [3.05, 3.63) is 52.9 Å². The summed E-state index contributed by atoms with van der Waals surface area (Å²) in [6.45, 7) is 4.04. The number of hydrogen-bond acceptors (Lipinski definition) is 8. The Morgan fingerprint density at radius 1 is 1.09 bits per heavy atom. The van der Waals surface area contributed by atoms with E-state index in [1.54, 1.807) is 29.9 Å². The Bertz CT molecular complexity index is 1310. The van der Waals surface area contributed by atoms with Gasteiger partial charge >= 0.3 is 0 Å². The van der Waals surface area contributed by atoms with Crippen molar-refractivity contribution in [2.24, 2.45) is 0 Å². The molecule has 2 aliphatic heterocycles. The summed E-state index contributed by atoms with van der Waals surface area (Å²) in [5.74, 6) is -0.763. The van der Waals surface area contributed by atoms with E-state index in [2.05, 4.69) is 25.7 Å². The zero-order valence-electron chi connectivity index (χ0n) is 17.3. The van der Waals surface area contributed by atoms with E-state index in [9.17, 15) is 19.2 Å². The highest BCUT2D eigenvalue weighted by molar-refractivity contribution is 6.23. The Kier molecular flexibility index (Phi) is 4.43. The van der Waals surface area contributed by atoms with Gasteiger partial charge in [-0.3, -0.25) is 29.4 Å². The first kappa shape index (κ1) is 19.7. The molecule has 1 unspecified atom stereocenters. The third-order valence-electron chi connectivity index (χ3n) is 5.50. The van der Waals surface area contributed by atoms with E-state index in [1.807, 2.05) is 6.92 Å². The maximum atomic E-state index is 13.0. The number of amides is 4. The smallest absolute Gasteiger partial charge is 0.262 e. The second-order valence-corrected chi connectivity index (χ2v) is 7.70. The van der Waals surface area contributed by atoms with Gasteiger partial charge in [0.2, 0.25) is 11.8 Å². The van der Waals surface area contributed by atoms with Crippen molar-refractivity contribution in [3.63, 3.8) is 0 Å². The fourth-order valence-corrected chi connectivity index (χ4v) is 3.96. The third kappa shape index (κ3) is 3.16. The van der Waals surface area contributed by atoms with Crippen molar-refractivity contribution in [3.8, 4) is 5.69 Å². The standard InChI is InChI=1S/C20H18N8O4/c1-10-21-11(2)26(24-10)8-12-9-27(25-23-12)13-3-4-14-15(7-13)20(32)28(19(14)31)16-5-6-17(29)22-18(16)30/h3-4,7,9,16H,5-6,8H2,1-2H3,(H,22,29,30). The second kappa shape index (κ2) is 7.18. The molecule has 0 saturated carbocycles. The number of carbonyl (C=O) groups excluding carboxylic acids is 4. The molecule has 0 aliphatic carbocycles. The average Bonchev–Trinajstić information content (AvgIpc) is 3.41. The predicted octanol–water partition coefficient (Wildman–Crippen LogP) is -0.0749. The van der Waals surface area contributed by atoms with Crippen LogP contribution in [0.1, 0.15) is 50.9 Å². The number of aryl methyl sites for hydroxylation is 2. The maximum Gasteiger partial charge on any atom is 0.262 e. The molecule has 0 radical (unpaired) electrons. The largest absolute Gasteiger partial charge is 0.295 e. The number of aromatic nitrogens is 6. The number of nitrogens with zero attached hydrogens (tertiary/aromatic N) is 7. The Morgan fingerprint density at radius 3 is 2.59 bits per heavy atom. The Labute approximate surface area is 181 Å². The summed E-state index contributed by atoms with van der Waals surface area (Å²) >= 11 is 0. The molecule has 0 bridgehead atoms. The minimum absolute atomic E-state index is 0.0710. The monoisotopic (exact) mass is 434 g/mol. The van der Waals surface area contributed by atoms with Gasteiger partial charge in [-0.25, -0.2) is 14.3 Å². The second-order valence-electron chi connectivity index (χ2n) is 7.70. The van der Waals surface area contributed by atoms with Gasteiger partial charge in [0, 0.05) is 6.42 Å². The number of nitrogens with one attached hydrogen (secondary N) is 1. The van der Waals surface area contributed by atoms with Gasteiger partial charge in [-0.15, -0.1) is 5.10 Å². The van der Waals surface area contributed by atoms with E-state index in [1.165, 1.54) is 10.7 Å². The number of benzene rings is 1. The number of piperidine rings is 1. The van der Waals surface area contributed by atoms with E-state index >= 15 is 0 Å². The summed E-state index contributed by atoms with van der Waals surface area (Å²) in [6, 6.07) is 3.73. The minimum Gasteiger partial charge on any atom is -0.295 e. The van der Waals surface area contributed by atoms with Gasteiger partial charge in [0.25, 0.3) is 11.8 Å². The Hall–Kier alpha value is -4.22. The van der Waals surface area contributed by atoms with Gasteiger partial charge < -0.3 is 0 Å². The molecule has 4 amide bonds. The van der Waals surface area contributed by atoms with Crippen LogP contribution < -0.4 is 5.32 Å². The number of carbonyl (C=O) groups is 4. The molecule has 4 heterocycles. The lowest BCUT2D eigenvalue weighted by Gasteiger charge is -2.27. The first-order valence-corrected chi connectivity index (χ1v) is 9.97. The fraction of sp³-hybridized carbons (Fsp3) is 0.300. The lowest BCUT2D eigenvalue weighted by molar-refractivity contribution is -0.136. The van der Waals surface area contributed by atoms with Crippen LogP contribution in [0.15, 0.2) is 24.4 Å². The molecule has 1 aromatic carbocycles. The molecule has 3 aromatic rings. The van der Waals surface area contributed by atoms with Crippen molar-refractivity contribution in [2.45, 2.75) is 39.3 Å². The molecular weight excluding hydrogens is 416 g/mol. The van der Waals surface area contributed by atoms with Crippen molar-refractivity contribution < 1.29 is 19.2 Å². The molecule has 0 spiro atoms. The average molecular weight is 434 g/mol. The van der Waals surface area contributed by atoms with Crippen LogP contribution in [0.5, 0.6) is 0 Å². The van der Waals surface area contributed by atoms with Gasteiger partial charge in [-0.1, -0.05) is 5.21 Å². The molecule has 12 nitrogen and oxygen atoms in total. The van der Waals surface area contributed by atoms with Gasteiger partial charge in [-0.2, -0.15) is 5.10 Å². The van der Waals surface area contributed by atoms with Crippen LogP contribution in [0, 0.1) is 13.8 Å². The highest BCUT2D eigenvalue weighted by atomic mass is 16.2. The van der Waals surface area contributed by atoms with Crippen LogP contribution in [0.25, 0.3) is 5.69 Å². The third-order valence-corrected chi connectivity index (χ3v) is 5.50. The van der Waals surface area contributed by atoms with Crippen LogP contribution in [0.4, 0.5) is 0 Å². The number of imide groups is 2.